The van der Waals surface area contributed by atoms with Crippen molar-refractivity contribution in [1.82, 2.24) is 5.32 Å². The van der Waals surface area contributed by atoms with Crippen LogP contribution < -0.4 is 23.8 Å². The van der Waals surface area contributed by atoms with Crippen molar-refractivity contribution >= 4 is 21.6 Å². The second-order valence-electron chi connectivity index (χ2n) is 8.53. The number of hydrogen-bond acceptors (Lipinski definition) is 6. The molecule has 0 spiro atoms. The summed E-state index contributed by atoms with van der Waals surface area (Å²) in [5.74, 6) is 1.05. The lowest BCUT2D eigenvalue weighted by Crippen LogP contribution is -2.45. The summed E-state index contributed by atoms with van der Waals surface area (Å²) >= 11 is 0. The van der Waals surface area contributed by atoms with Crippen LogP contribution in [0.3, 0.4) is 0 Å². The van der Waals surface area contributed by atoms with Crippen LogP contribution in [0.1, 0.15) is 37.4 Å². The zero-order valence-electron chi connectivity index (χ0n) is 19.3. The maximum absolute atomic E-state index is 13.1. The molecule has 0 aliphatic carbocycles. The highest BCUT2D eigenvalue weighted by atomic mass is 32.2. The van der Waals surface area contributed by atoms with E-state index in [-0.39, 0.29) is 11.7 Å². The molecular weight excluding hydrogens is 432 g/mol. The van der Waals surface area contributed by atoms with E-state index in [1.54, 1.807) is 12.1 Å². The zero-order chi connectivity index (χ0) is 23.7. The third-order valence-electron chi connectivity index (χ3n) is 5.30. The summed E-state index contributed by atoms with van der Waals surface area (Å²) in [6.45, 7) is 5.48. The second kappa shape index (κ2) is 8.90. The fraction of sp³-hybridized carbons (Fsp3) is 0.435. The fourth-order valence-corrected chi connectivity index (χ4v) is 4.70. The molecule has 1 atom stereocenters. The van der Waals surface area contributed by atoms with Crippen molar-refractivity contribution in [1.29, 1.82) is 0 Å². The molecule has 0 bridgehead atoms. The van der Waals surface area contributed by atoms with Gasteiger partial charge in [0, 0.05) is 18.1 Å². The Balaban J connectivity index is 1.90. The van der Waals surface area contributed by atoms with Gasteiger partial charge in [0.25, 0.3) is 0 Å². The van der Waals surface area contributed by atoms with Gasteiger partial charge in [0.05, 0.1) is 32.2 Å². The van der Waals surface area contributed by atoms with Gasteiger partial charge in [0.15, 0.2) is 0 Å². The summed E-state index contributed by atoms with van der Waals surface area (Å²) in [5.41, 5.74) is 1.67. The average Bonchev–Trinajstić information content (AvgIpc) is 2.70. The van der Waals surface area contributed by atoms with Gasteiger partial charge in [-0.15, -0.1) is 0 Å². The summed E-state index contributed by atoms with van der Waals surface area (Å²) in [7, 11) is -0.868. The molecule has 174 valence electrons. The number of amides is 1. The zero-order valence-corrected chi connectivity index (χ0v) is 20.1. The summed E-state index contributed by atoms with van der Waals surface area (Å²) in [6.07, 6.45) is 1.60. The highest BCUT2D eigenvalue weighted by molar-refractivity contribution is 7.92. The molecule has 2 aromatic carbocycles. The predicted octanol–water partition coefficient (Wildman–Crippen LogP) is 3.20. The molecule has 1 aliphatic rings. The summed E-state index contributed by atoms with van der Waals surface area (Å²) in [5, 5.41) is 3.00. The smallest absolute Gasteiger partial charge is 0.241 e. The van der Waals surface area contributed by atoms with E-state index in [0.717, 1.165) is 21.7 Å². The molecule has 9 heteroatoms. The van der Waals surface area contributed by atoms with Gasteiger partial charge in [0.1, 0.15) is 29.4 Å². The Bertz CT molecular complexity index is 1110. The molecular formula is C23H30N2O6S. The SMILES string of the molecule is COc1ccc(OC)c(N(CC(=O)NC2CC(C)(C)Oc3ccc(C)cc32)S(C)(=O)=O)c1. The Hall–Kier alpha value is -2.94. The summed E-state index contributed by atoms with van der Waals surface area (Å²) in [4.78, 5) is 13.1. The first-order valence-electron chi connectivity index (χ1n) is 10.2. The van der Waals surface area contributed by atoms with Crippen molar-refractivity contribution in [3.05, 3.63) is 47.5 Å². The van der Waals surface area contributed by atoms with Gasteiger partial charge in [-0.05, 0) is 39.0 Å². The molecule has 32 heavy (non-hydrogen) atoms. The second-order valence-corrected chi connectivity index (χ2v) is 10.4. The third-order valence-corrected chi connectivity index (χ3v) is 6.43. The number of anilines is 1. The lowest BCUT2D eigenvalue weighted by atomic mass is 9.89. The van der Waals surface area contributed by atoms with Crippen LogP contribution in [0.5, 0.6) is 17.2 Å². The van der Waals surface area contributed by atoms with Crippen LogP contribution in [0.15, 0.2) is 36.4 Å². The molecule has 3 rings (SSSR count). The maximum Gasteiger partial charge on any atom is 0.241 e. The van der Waals surface area contributed by atoms with Crippen LogP contribution in [-0.2, 0) is 14.8 Å². The van der Waals surface area contributed by atoms with Crippen molar-refractivity contribution in [2.45, 2.75) is 38.8 Å². The highest BCUT2D eigenvalue weighted by Crippen LogP contribution is 2.40. The van der Waals surface area contributed by atoms with Crippen molar-refractivity contribution in [3.63, 3.8) is 0 Å². The summed E-state index contributed by atoms with van der Waals surface area (Å²) < 4.78 is 42.8. The van der Waals surface area contributed by atoms with Gasteiger partial charge in [0.2, 0.25) is 15.9 Å². The first-order chi connectivity index (χ1) is 14.9. The van der Waals surface area contributed by atoms with Crippen molar-refractivity contribution in [2.24, 2.45) is 0 Å². The van der Waals surface area contributed by atoms with Crippen molar-refractivity contribution in [2.75, 3.05) is 31.3 Å². The number of fused-ring (bicyclic) bond motifs is 1. The predicted molar refractivity (Wildman–Crippen MR) is 123 cm³/mol. The molecule has 1 amide bonds. The van der Waals surface area contributed by atoms with E-state index < -0.39 is 28.1 Å². The van der Waals surface area contributed by atoms with Gasteiger partial charge in [-0.2, -0.15) is 0 Å². The Morgan fingerprint density at radius 1 is 1.19 bits per heavy atom. The largest absolute Gasteiger partial charge is 0.497 e. The Kier molecular flexibility index (Phi) is 6.59. The van der Waals surface area contributed by atoms with Gasteiger partial charge < -0.3 is 19.5 Å². The van der Waals surface area contributed by atoms with Gasteiger partial charge in [-0.1, -0.05) is 17.7 Å². The maximum atomic E-state index is 13.1. The fourth-order valence-electron chi connectivity index (χ4n) is 3.85. The monoisotopic (exact) mass is 462 g/mol. The standard InChI is InChI=1S/C23H30N2O6S/c1-15-7-9-20-17(11-15)18(13-23(2,3)31-20)24-22(26)14-25(32(6,27)28)19-12-16(29-4)8-10-21(19)30-5/h7-12,18H,13-14H2,1-6H3,(H,24,26). The molecule has 1 heterocycles. The van der Waals surface area contributed by atoms with Crippen LogP contribution in [0, 0.1) is 6.92 Å². The number of hydrogen-bond donors (Lipinski definition) is 1. The number of rotatable bonds is 7. The lowest BCUT2D eigenvalue weighted by molar-refractivity contribution is -0.120. The number of ether oxygens (including phenoxy) is 3. The molecule has 2 aromatic rings. The quantitative estimate of drug-likeness (QED) is 0.679. The van der Waals surface area contributed by atoms with Crippen molar-refractivity contribution < 1.29 is 27.4 Å². The van der Waals surface area contributed by atoms with Crippen LogP contribution in [-0.4, -0.2) is 46.9 Å². The van der Waals surface area contributed by atoms with Gasteiger partial charge in [-0.3, -0.25) is 9.10 Å². The molecule has 0 saturated heterocycles. The Morgan fingerprint density at radius 3 is 2.53 bits per heavy atom. The van der Waals surface area contributed by atoms with Gasteiger partial charge in [-0.25, -0.2) is 8.42 Å². The van der Waals surface area contributed by atoms with Crippen LogP contribution in [0.2, 0.25) is 0 Å². The first-order valence-corrected chi connectivity index (χ1v) is 12.1. The van der Waals surface area contributed by atoms with Gasteiger partial charge >= 0.3 is 0 Å². The van der Waals surface area contributed by atoms with Crippen LogP contribution >= 0.6 is 0 Å². The minimum absolute atomic E-state index is 0.230. The molecule has 0 fully saturated rings. The van der Waals surface area contributed by atoms with E-state index in [1.165, 1.54) is 20.3 Å². The molecule has 1 unspecified atom stereocenters. The molecule has 0 aromatic heterocycles. The molecule has 0 saturated carbocycles. The number of sulfonamides is 1. The topological polar surface area (TPSA) is 94.2 Å². The number of nitrogens with one attached hydrogen (secondary N) is 1. The molecule has 8 nitrogen and oxygen atoms in total. The van der Waals surface area contributed by atoms with Crippen molar-refractivity contribution in [3.8, 4) is 17.2 Å². The molecule has 1 aliphatic heterocycles. The first kappa shape index (κ1) is 23.7. The summed E-state index contributed by atoms with van der Waals surface area (Å²) in [6, 6.07) is 10.3. The van der Waals surface area contributed by atoms with E-state index in [1.807, 2.05) is 39.0 Å². The number of aryl methyl sites for hydroxylation is 1. The number of nitrogens with zero attached hydrogens (tertiary/aromatic N) is 1. The minimum Gasteiger partial charge on any atom is -0.497 e. The van der Waals surface area contributed by atoms with Crippen LogP contribution in [0.25, 0.3) is 0 Å². The molecule has 1 N–H and O–H groups in total. The normalized spacial score (nSPS) is 17.0. The number of methoxy groups -OCH3 is 2. The third kappa shape index (κ3) is 5.27. The average molecular weight is 463 g/mol. The number of carbonyl (C=O) groups is 1. The lowest BCUT2D eigenvalue weighted by Gasteiger charge is -2.38. The molecule has 0 radical (unpaired) electrons. The Morgan fingerprint density at radius 2 is 1.91 bits per heavy atom. The minimum atomic E-state index is -3.79. The van der Waals surface area contributed by atoms with E-state index >= 15 is 0 Å². The highest BCUT2D eigenvalue weighted by Gasteiger charge is 2.35. The number of benzene rings is 2. The van der Waals surface area contributed by atoms with E-state index in [4.69, 9.17) is 14.2 Å². The van der Waals surface area contributed by atoms with E-state index in [0.29, 0.717) is 23.7 Å². The van der Waals surface area contributed by atoms with E-state index in [9.17, 15) is 13.2 Å². The van der Waals surface area contributed by atoms with Crippen LogP contribution in [0.4, 0.5) is 5.69 Å². The Labute approximate surface area is 189 Å². The van der Waals surface area contributed by atoms with E-state index in [2.05, 4.69) is 5.32 Å². The number of carbonyl (C=O) groups excluding carboxylic acids is 1.